The van der Waals surface area contributed by atoms with Crippen molar-refractivity contribution in [1.29, 1.82) is 0 Å². The fourth-order valence-electron chi connectivity index (χ4n) is 1.20. The molecule has 0 aliphatic heterocycles. The number of nitrogens with one attached hydrogen (secondary N) is 1. The fourth-order valence-corrected chi connectivity index (χ4v) is 2.14. The van der Waals surface area contributed by atoms with Gasteiger partial charge in [-0.1, -0.05) is 11.6 Å². The van der Waals surface area contributed by atoms with Crippen LogP contribution in [-0.2, 0) is 24.2 Å². The van der Waals surface area contributed by atoms with Crippen LogP contribution in [0.4, 0.5) is 5.69 Å². The molecule has 0 fully saturated rings. The van der Waals surface area contributed by atoms with Crippen LogP contribution in [0, 0.1) is 0 Å². The number of benzene rings is 1. The maximum absolute atomic E-state index is 11.4. The second-order valence-corrected chi connectivity index (χ2v) is 6.01. The van der Waals surface area contributed by atoms with E-state index in [4.69, 9.17) is 11.6 Å². The molecule has 6 nitrogen and oxygen atoms in total. The number of carbonyl (C=O) groups excluding carboxylic acids is 2. The number of carbonyl (C=O) groups is 2. The lowest BCUT2D eigenvalue weighted by atomic mass is 10.3. The second kappa shape index (κ2) is 6.03. The molecule has 0 radical (unpaired) electrons. The molecule has 1 N–H and O–H groups in total. The summed E-state index contributed by atoms with van der Waals surface area (Å²) in [5.41, 5.74) is 0.132. The summed E-state index contributed by atoms with van der Waals surface area (Å²) in [5.74, 6) is -2.01. The Hall–Kier alpha value is -1.60. The van der Waals surface area contributed by atoms with Crippen LogP contribution in [-0.4, -0.2) is 33.2 Å². The van der Waals surface area contributed by atoms with E-state index in [1.54, 1.807) is 6.92 Å². The van der Waals surface area contributed by atoms with Gasteiger partial charge in [-0.3, -0.25) is 4.79 Å². The van der Waals surface area contributed by atoms with Gasteiger partial charge in [0.25, 0.3) is 0 Å². The molecular formula is C11H12ClNO5S. The number of ether oxygens (including phenoxy) is 1. The highest BCUT2D eigenvalue weighted by Crippen LogP contribution is 2.25. The third-order valence-corrected chi connectivity index (χ3v) is 3.50. The zero-order chi connectivity index (χ0) is 14.6. The first-order valence-corrected chi connectivity index (χ1v) is 7.50. The van der Waals surface area contributed by atoms with Crippen molar-refractivity contribution in [2.75, 3.05) is 18.2 Å². The number of esters is 1. The van der Waals surface area contributed by atoms with E-state index < -0.39 is 21.7 Å². The molecule has 0 bridgehead atoms. The molecule has 1 aromatic rings. The van der Waals surface area contributed by atoms with Crippen molar-refractivity contribution in [2.45, 2.75) is 11.8 Å². The molecule has 0 saturated heterocycles. The molecule has 0 unspecified atom stereocenters. The summed E-state index contributed by atoms with van der Waals surface area (Å²) in [6, 6.07) is 3.77. The van der Waals surface area contributed by atoms with E-state index in [0.29, 0.717) is 0 Å². The van der Waals surface area contributed by atoms with Gasteiger partial charge >= 0.3 is 11.9 Å². The molecule has 0 spiro atoms. The molecule has 1 aromatic carbocycles. The zero-order valence-corrected chi connectivity index (χ0v) is 11.8. The summed E-state index contributed by atoms with van der Waals surface area (Å²) >= 11 is 5.83. The van der Waals surface area contributed by atoms with Gasteiger partial charge in [0.05, 0.1) is 22.2 Å². The molecule has 8 heteroatoms. The van der Waals surface area contributed by atoms with Crippen molar-refractivity contribution in [3.05, 3.63) is 23.2 Å². The number of hydrogen-bond acceptors (Lipinski definition) is 5. The summed E-state index contributed by atoms with van der Waals surface area (Å²) in [4.78, 5) is 22.5. The lowest BCUT2D eigenvalue weighted by Crippen LogP contribution is -2.25. The third-order valence-electron chi connectivity index (χ3n) is 2.08. The highest BCUT2D eigenvalue weighted by Gasteiger charge is 2.17. The van der Waals surface area contributed by atoms with Crippen molar-refractivity contribution in [1.82, 2.24) is 0 Å². The van der Waals surface area contributed by atoms with E-state index in [-0.39, 0.29) is 22.2 Å². The lowest BCUT2D eigenvalue weighted by molar-refractivity contribution is -0.152. The van der Waals surface area contributed by atoms with E-state index in [9.17, 15) is 18.0 Å². The Kier molecular flexibility index (Phi) is 4.90. The topological polar surface area (TPSA) is 89.5 Å². The Morgan fingerprint density at radius 1 is 1.37 bits per heavy atom. The van der Waals surface area contributed by atoms with Crippen LogP contribution < -0.4 is 5.32 Å². The summed E-state index contributed by atoms with van der Waals surface area (Å²) in [6.07, 6.45) is 1.04. The SMILES string of the molecule is CCOC(=O)C(=O)Nc1ccc(S(C)(=O)=O)cc1Cl. The smallest absolute Gasteiger partial charge is 0.397 e. The van der Waals surface area contributed by atoms with Crippen LogP contribution in [0.1, 0.15) is 6.92 Å². The molecule has 19 heavy (non-hydrogen) atoms. The normalized spacial score (nSPS) is 10.9. The van der Waals surface area contributed by atoms with Gasteiger partial charge in [0.15, 0.2) is 9.84 Å². The van der Waals surface area contributed by atoms with Crippen molar-refractivity contribution in [2.24, 2.45) is 0 Å². The first-order chi connectivity index (χ1) is 8.75. The summed E-state index contributed by atoms with van der Waals surface area (Å²) in [6.45, 7) is 1.64. The van der Waals surface area contributed by atoms with Gasteiger partial charge in [0.2, 0.25) is 0 Å². The minimum Gasteiger partial charge on any atom is -0.459 e. The van der Waals surface area contributed by atoms with Gasteiger partial charge in [0.1, 0.15) is 0 Å². The van der Waals surface area contributed by atoms with E-state index in [2.05, 4.69) is 10.1 Å². The molecule has 0 saturated carbocycles. The molecule has 0 aliphatic carbocycles. The van der Waals surface area contributed by atoms with Crippen molar-refractivity contribution in [3.8, 4) is 0 Å². The van der Waals surface area contributed by atoms with Crippen LogP contribution in [0.2, 0.25) is 5.02 Å². The Labute approximate surface area is 115 Å². The number of halogens is 1. The minimum absolute atomic E-state index is 0.0144. The zero-order valence-electron chi connectivity index (χ0n) is 10.3. The van der Waals surface area contributed by atoms with E-state index in [1.807, 2.05) is 0 Å². The fraction of sp³-hybridized carbons (Fsp3) is 0.273. The van der Waals surface area contributed by atoms with E-state index in [0.717, 1.165) is 6.26 Å². The Morgan fingerprint density at radius 3 is 2.47 bits per heavy atom. The molecule has 104 valence electrons. The number of anilines is 1. The monoisotopic (exact) mass is 305 g/mol. The Bertz CT molecular complexity index is 612. The molecular weight excluding hydrogens is 294 g/mol. The average Bonchev–Trinajstić information content (AvgIpc) is 2.30. The quantitative estimate of drug-likeness (QED) is 0.670. The van der Waals surface area contributed by atoms with Gasteiger partial charge in [-0.2, -0.15) is 0 Å². The number of rotatable bonds is 3. The van der Waals surface area contributed by atoms with Crippen molar-refractivity contribution < 1.29 is 22.7 Å². The highest BCUT2D eigenvalue weighted by atomic mass is 35.5. The number of amides is 1. The second-order valence-electron chi connectivity index (χ2n) is 3.59. The minimum atomic E-state index is -3.38. The largest absolute Gasteiger partial charge is 0.459 e. The maximum atomic E-state index is 11.4. The van der Waals surface area contributed by atoms with Crippen LogP contribution in [0.5, 0.6) is 0 Å². The van der Waals surface area contributed by atoms with Gasteiger partial charge in [-0.05, 0) is 25.1 Å². The summed E-state index contributed by atoms with van der Waals surface area (Å²) < 4.78 is 27.1. The van der Waals surface area contributed by atoms with Crippen LogP contribution >= 0.6 is 11.6 Å². The van der Waals surface area contributed by atoms with E-state index >= 15 is 0 Å². The first kappa shape index (κ1) is 15.5. The molecule has 0 aromatic heterocycles. The molecule has 1 amide bonds. The van der Waals surface area contributed by atoms with Gasteiger partial charge < -0.3 is 10.1 Å². The molecule has 0 heterocycles. The average molecular weight is 306 g/mol. The first-order valence-electron chi connectivity index (χ1n) is 5.23. The van der Waals surface area contributed by atoms with E-state index in [1.165, 1.54) is 18.2 Å². The maximum Gasteiger partial charge on any atom is 0.397 e. The number of sulfone groups is 1. The predicted molar refractivity (Wildman–Crippen MR) is 69.8 cm³/mol. The van der Waals surface area contributed by atoms with Crippen molar-refractivity contribution >= 4 is 39.0 Å². The summed E-state index contributed by atoms with van der Waals surface area (Å²) in [5, 5.41) is 2.25. The molecule has 1 rings (SSSR count). The number of hydrogen-bond donors (Lipinski definition) is 1. The standard InChI is InChI=1S/C11H12ClNO5S/c1-3-18-11(15)10(14)13-9-5-4-7(6-8(9)12)19(2,16)17/h4-6H,3H2,1-2H3,(H,13,14). The Balaban J connectivity index is 2.93. The van der Waals surface area contributed by atoms with Crippen LogP contribution in [0.25, 0.3) is 0 Å². The Morgan fingerprint density at radius 2 is 2.00 bits per heavy atom. The predicted octanol–water partition coefficient (Wildman–Crippen LogP) is 1.25. The van der Waals surface area contributed by atoms with Gasteiger partial charge in [-0.15, -0.1) is 0 Å². The van der Waals surface area contributed by atoms with Crippen LogP contribution in [0.3, 0.4) is 0 Å². The third kappa shape index (κ3) is 4.22. The van der Waals surface area contributed by atoms with Gasteiger partial charge in [0, 0.05) is 6.26 Å². The lowest BCUT2D eigenvalue weighted by Gasteiger charge is -2.07. The highest BCUT2D eigenvalue weighted by molar-refractivity contribution is 7.90. The van der Waals surface area contributed by atoms with Crippen LogP contribution in [0.15, 0.2) is 23.1 Å². The van der Waals surface area contributed by atoms with Gasteiger partial charge in [-0.25, -0.2) is 13.2 Å². The molecule has 0 atom stereocenters. The molecule has 0 aliphatic rings. The van der Waals surface area contributed by atoms with Crippen molar-refractivity contribution in [3.63, 3.8) is 0 Å². The summed E-state index contributed by atoms with van der Waals surface area (Å²) in [7, 11) is -3.38.